The molecule has 0 fully saturated rings. The standard InChI is InChI=1S/C3H9NO4S/c4-2-1-3(8-5)9(6)7/h3,5H,1-2,4H2,(H,6,7)/t3-/m0/s1. The molecule has 0 heterocycles. The Hall–Kier alpha value is -0.0100. The van der Waals surface area contributed by atoms with Gasteiger partial charge in [-0.15, -0.1) is 0 Å². The van der Waals surface area contributed by atoms with Crippen molar-refractivity contribution in [3.63, 3.8) is 0 Å². The monoisotopic (exact) mass is 155 g/mol. The van der Waals surface area contributed by atoms with Gasteiger partial charge in [0.05, 0.1) is 0 Å². The van der Waals surface area contributed by atoms with E-state index < -0.39 is 16.5 Å². The third-order valence-corrected chi connectivity index (χ3v) is 1.52. The van der Waals surface area contributed by atoms with Crippen LogP contribution in [0, 0.1) is 0 Å². The van der Waals surface area contributed by atoms with Crippen LogP contribution in [0.4, 0.5) is 0 Å². The molecule has 0 spiro atoms. The summed E-state index contributed by atoms with van der Waals surface area (Å²) in [5.41, 5.74) is 3.93. The zero-order chi connectivity index (χ0) is 7.28. The smallest absolute Gasteiger partial charge is 0.194 e. The Kier molecular flexibility index (Phi) is 4.83. The minimum atomic E-state index is -2.16. The Labute approximate surface area is 55.0 Å². The molecule has 0 aromatic carbocycles. The van der Waals surface area contributed by atoms with Gasteiger partial charge in [-0.05, 0) is 6.54 Å². The molecular formula is C3H9NO4S. The number of rotatable bonds is 4. The molecule has 4 N–H and O–H groups in total. The van der Waals surface area contributed by atoms with Gasteiger partial charge in [-0.25, -0.2) is 9.10 Å². The van der Waals surface area contributed by atoms with Crippen molar-refractivity contribution in [2.45, 2.75) is 11.9 Å². The molecule has 1 unspecified atom stereocenters. The lowest BCUT2D eigenvalue weighted by molar-refractivity contribution is -0.256. The molecule has 0 aromatic rings. The van der Waals surface area contributed by atoms with Crippen molar-refractivity contribution in [3.05, 3.63) is 0 Å². The fourth-order valence-corrected chi connectivity index (χ4v) is 0.738. The molecule has 0 aliphatic carbocycles. The van der Waals surface area contributed by atoms with E-state index in [1.54, 1.807) is 0 Å². The number of hydrogen-bond donors (Lipinski definition) is 3. The van der Waals surface area contributed by atoms with Crippen LogP contribution in [0.25, 0.3) is 0 Å². The molecule has 0 rings (SSSR count). The van der Waals surface area contributed by atoms with E-state index in [2.05, 4.69) is 4.89 Å². The lowest BCUT2D eigenvalue weighted by Crippen LogP contribution is -2.20. The van der Waals surface area contributed by atoms with Gasteiger partial charge in [-0.2, -0.15) is 0 Å². The van der Waals surface area contributed by atoms with E-state index in [4.69, 9.17) is 15.5 Å². The van der Waals surface area contributed by atoms with Crippen LogP contribution < -0.4 is 5.73 Å². The quantitative estimate of drug-likeness (QED) is 0.285. The minimum absolute atomic E-state index is 0.166. The van der Waals surface area contributed by atoms with Crippen LogP contribution in [0.15, 0.2) is 0 Å². The largest absolute Gasteiger partial charge is 0.330 e. The molecule has 2 atom stereocenters. The molecule has 0 saturated heterocycles. The topological polar surface area (TPSA) is 92.8 Å². The van der Waals surface area contributed by atoms with E-state index in [0.717, 1.165) is 0 Å². The summed E-state index contributed by atoms with van der Waals surface area (Å²) >= 11 is -2.16. The second kappa shape index (κ2) is 4.83. The van der Waals surface area contributed by atoms with Gasteiger partial charge in [-0.3, -0.25) is 5.26 Å². The van der Waals surface area contributed by atoms with Gasteiger partial charge in [0.25, 0.3) is 0 Å². The van der Waals surface area contributed by atoms with Crippen molar-refractivity contribution in [2.24, 2.45) is 5.73 Å². The average Bonchev–Trinajstić information content (AvgIpc) is 1.82. The first kappa shape index (κ1) is 8.99. The second-order valence-corrected chi connectivity index (χ2v) is 2.47. The van der Waals surface area contributed by atoms with E-state index in [9.17, 15) is 4.21 Å². The first-order chi connectivity index (χ1) is 4.22. The van der Waals surface area contributed by atoms with Crippen LogP contribution in [0.1, 0.15) is 6.42 Å². The fourth-order valence-electron chi connectivity index (χ4n) is 0.326. The molecule has 6 heteroatoms. The van der Waals surface area contributed by atoms with Crippen molar-refractivity contribution >= 4 is 11.1 Å². The maximum absolute atomic E-state index is 10.1. The Morgan fingerprint density at radius 3 is 2.44 bits per heavy atom. The first-order valence-electron chi connectivity index (χ1n) is 2.32. The van der Waals surface area contributed by atoms with Crippen LogP contribution in [0.3, 0.4) is 0 Å². The van der Waals surface area contributed by atoms with Crippen molar-refractivity contribution in [2.75, 3.05) is 6.54 Å². The van der Waals surface area contributed by atoms with Crippen LogP contribution >= 0.6 is 0 Å². The van der Waals surface area contributed by atoms with Crippen molar-refractivity contribution in [3.8, 4) is 0 Å². The predicted molar refractivity (Wildman–Crippen MR) is 31.9 cm³/mol. The summed E-state index contributed by atoms with van der Waals surface area (Å²) in [7, 11) is 0. The fraction of sp³-hybridized carbons (Fsp3) is 1.00. The summed E-state index contributed by atoms with van der Waals surface area (Å²) in [6, 6.07) is 0. The summed E-state index contributed by atoms with van der Waals surface area (Å²) in [5, 5.41) is 7.92. The van der Waals surface area contributed by atoms with Gasteiger partial charge < -0.3 is 10.3 Å². The van der Waals surface area contributed by atoms with Crippen LogP contribution in [-0.4, -0.2) is 26.0 Å². The predicted octanol–water partition coefficient (Wildman–Crippen LogP) is -0.627. The van der Waals surface area contributed by atoms with Gasteiger partial charge in [0, 0.05) is 6.42 Å². The summed E-state index contributed by atoms with van der Waals surface area (Å²) in [5.74, 6) is 0. The number of nitrogens with two attached hydrogens (primary N) is 1. The maximum atomic E-state index is 10.1. The summed E-state index contributed by atoms with van der Waals surface area (Å²) in [6.07, 6.45) is 0.166. The van der Waals surface area contributed by atoms with E-state index in [1.165, 1.54) is 0 Å². The van der Waals surface area contributed by atoms with Crippen LogP contribution in [0.2, 0.25) is 0 Å². The Balaban J connectivity index is 3.54. The zero-order valence-corrected chi connectivity index (χ0v) is 5.50. The Bertz CT molecular complexity index is 97.8. The van der Waals surface area contributed by atoms with E-state index in [-0.39, 0.29) is 13.0 Å². The van der Waals surface area contributed by atoms with Crippen molar-refractivity contribution in [1.29, 1.82) is 0 Å². The third-order valence-electron chi connectivity index (χ3n) is 0.745. The Morgan fingerprint density at radius 2 is 2.33 bits per heavy atom. The molecule has 0 aliphatic rings. The maximum Gasteiger partial charge on any atom is 0.194 e. The van der Waals surface area contributed by atoms with Crippen LogP contribution in [0.5, 0.6) is 0 Å². The summed E-state index contributed by atoms with van der Waals surface area (Å²) in [4.78, 5) is 3.62. The highest BCUT2D eigenvalue weighted by molar-refractivity contribution is 7.79. The van der Waals surface area contributed by atoms with Gasteiger partial charge in [0.15, 0.2) is 16.5 Å². The molecular weight excluding hydrogens is 146 g/mol. The third kappa shape index (κ3) is 3.55. The number of hydrogen-bond acceptors (Lipinski definition) is 4. The molecule has 0 amide bonds. The van der Waals surface area contributed by atoms with E-state index >= 15 is 0 Å². The van der Waals surface area contributed by atoms with Crippen LogP contribution in [-0.2, 0) is 16.0 Å². The van der Waals surface area contributed by atoms with Gasteiger partial charge in [0.2, 0.25) is 0 Å². The van der Waals surface area contributed by atoms with Crippen molar-refractivity contribution < 1.29 is 18.9 Å². The highest BCUT2D eigenvalue weighted by atomic mass is 32.2. The summed E-state index contributed by atoms with van der Waals surface area (Å²) in [6.45, 7) is 0.206. The highest BCUT2D eigenvalue weighted by Gasteiger charge is 2.13. The Morgan fingerprint density at radius 1 is 1.78 bits per heavy atom. The normalized spacial score (nSPS) is 17.2. The average molecular weight is 155 g/mol. The van der Waals surface area contributed by atoms with E-state index in [0.29, 0.717) is 0 Å². The summed E-state index contributed by atoms with van der Waals surface area (Å²) < 4.78 is 18.4. The lowest BCUT2D eigenvalue weighted by atomic mass is 10.5. The van der Waals surface area contributed by atoms with Gasteiger partial charge in [-0.1, -0.05) is 0 Å². The molecule has 9 heavy (non-hydrogen) atoms. The minimum Gasteiger partial charge on any atom is -0.330 e. The molecule has 56 valence electrons. The molecule has 0 bridgehead atoms. The molecule has 0 saturated carbocycles. The SMILES string of the molecule is NCC[C@@H](OO)S(=O)O. The highest BCUT2D eigenvalue weighted by Crippen LogP contribution is 1.97. The zero-order valence-electron chi connectivity index (χ0n) is 4.69. The lowest BCUT2D eigenvalue weighted by Gasteiger charge is -2.05. The van der Waals surface area contributed by atoms with E-state index in [1.807, 2.05) is 0 Å². The first-order valence-corrected chi connectivity index (χ1v) is 3.49. The van der Waals surface area contributed by atoms with Crippen molar-refractivity contribution in [1.82, 2.24) is 0 Å². The molecule has 0 radical (unpaired) electrons. The van der Waals surface area contributed by atoms with Gasteiger partial charge in [0.1, 0.15) is 0 Å². The second-order valence-electron chi connectivity index (χ2n) is 1.39. The molecule has 0 aromatic heterocycles. The molecule has 5 nitrogen and oxygen atoms in total. The van der Waals surface area contributed by atoms with Gasteiger partial charge >= 0.3 is 0 Å². The molecule has 0 aliphatic heterocycles.